The Bertz CT molecular complexity index is 2880. The summed E-state index contributed by atoms with van der Waals surface area (Å²) in [6.07, 6.45) is -12.6. The van der Waals surface area contributed by atoms with E-state index in [1.165, 1.54) is 33.1 Å². The van der Waals surface area contributed by atoms with Gasteiger partial charge in [0.1, 0.15) is 5.54 Å². The maximum atomic E-state index is 14.7. The van der Waals surface area contributed by atoms with Gasteiger partial charge in [-0.3, -0.25) is 19.2 Å². The predicted octanol–water partition coefficient (Wildman–Crippen LogP) is 4.38. The Labute approximate surface area is 424 Å². The summed E-state index contributed by atoms with van der Waals surface area (Å²) in [7, 11) is -8.24. The quantitative estimate of drug-likeness (QED) is 0.267. The van der Waals surface area contributed by atoms with Crippen LogP contribution < -0.4 is 20.4 Å². The van der Waals surface area contributed by atoms with Crippen LogP contribution in [0.2, 0.25) is 0 Å². The number of hydrogen-bond donors (Lipinski definition) is 2. The highest BCUT2D eigenvalue weighted by atomic mass is 32.2. The van der Waals surface area contributed by atoms with E-state index in [2.05, 4.69) is 21.5 Å². The second-order valence-corrected chi connectivity index (χ2v) is 24.4. The number of carbonyl (C=O) groups is 4. The number of sulfone groups is 2. The zero-order valence-corrected chi connectivity index (χ0v) is 42.4. The molecule has 2 saturated heterocycles. The number of alkyl halides is 6. The summed E-state index contributed by atoms with van der Waals surface area (Å²) < 4.78 is 156. The van der Waals surface area contributed by atoms with Gasteiger partial charge >= 0.3 is 25.2 Å². The second kappa shape index (κ2) is 20.4. The minimum atomic E-state index is -5.10. The van der Waals surface area contributed by atoms with Crippen LogP contribution in [-0.4, -0.2) is 150 Å². The molecule has 2 N–H and O–H groups in total. The van der Waals surface area contributed by atoms with E-state index >= 15 is 0 Å². The average Bonchev–Trinajstić information content (AvgIpc) is 4.20. The van der Waals surface area contributed by atoms with E-state index < -0.39 is 130 Å². The summed E-state index contributed by atoms with van der Waals surface area (Å²) in [4.78, 5) is 59.7. The van der Waals surface area contributed by atoms with E-state index in [9.17, 15) is 67.6 Å². The van der Waals surface area contributed by atoms with Gasteiger partial charge in [-0.2, -0.15) is 31.6 Å². The Morgan fingerprint density at radius 3 is 1.45 bits per heavy atom. The molecule has 0 radical (unpaired) electrons. The summed E-state index contributed by atoms with van der Waals surface area (Å²) in [6.45, 7) is 4.26. The molecule has 0 unspecified atom stereocenters. The molecule has 0 aromatic heterocycles. The lowest BCUT2D eigenvalue weighted by atomic mass is 10.0. The third-order valence-corrected chi connectivity index (χ3v) is 19.7. The molecule has 4 saturated carbocycles. The van der Waals surface area contributed by atoms with Crippen molar-refractivity contribution in [1.82, 2.24) is 20.4 Å². The van der Waals surface area contributed by atoms with Crippen molar-refractivity contribution >= 4 is 54.7 Å². The number of carbonyl (C=O) groups excluding carboxylic acids is 4. The molecule has 4 aliphatic carbocycles. The van der Waals surface area contributed by atoms with Crippen molar-refractivity contribution < 1.29 is 71.8 Å². The van der Waals surface area contributed by atoms with E-state index in [1.807, 2.05) is 6.07 Å². The molecule has 0 spiro atoms. The number of rotatable bonds is 13. The molecule has 26 heteroatoms. The first kappa shape index (κ1) is 54.6. The first-order valence-corrected chi connectivity index (χ1v) is 27.3. The number of nitrogens with one attached hydrogen (secondary N) is 2. The highest BCUT2D eigenvalue weighted by Crippen LogP contribution is 2.46. The zero-order valence-electron chi connectivity index (χ0n) is 40.8. The molecular weight excluding hydrogens is 1030 g/mol. The first-order chi connectivity index (χ1) is 34.7. The van der Waals surface area contributed by atoms with E-state index in [-0.39, 0.29) is 88.4 Å². The van der Waals surface area contributed by atoms with Crippen molar-refractivity contribution in [3.8, 4) is 12.1 Å². The normalized spacial score (nSPS) is 25.6. The molecule has 6 atom stereocenters. The lowest BCUT2D eigenvalue weighted by Gasteiger charge is -2.36. The molecule has 18 nitrogen and oxygen atoms in total. The number of methoxy groups -OCH3 is 1. The number of nitrogens with zero attached hydrogens (tertiary/aromatic N) is 6. The summed E-state index contributed by atoms with van der Waals surface area (Å²) in [5, 5.41) is 12.1. The number of ether oxygens (including phenoxy) is 2. The third kappa shape index (κ3) is 11.4. The van der Waals surface area contributed by atoms with Crippen LogP contribution in [0.4, 0.5) is 37.7 Å². The van der Waals surface area contributed by atoms with Gasteiger partial charge in [0.25, 0.3) is 0 Å². The Kier molecular flexibility index (Phi) is 15.1. The molecule has 74 heavy (non-hydrogen) atoms. The number of piperazine rings is 2. The van der Waals surface area contributed by atoms with Crippen molar-refractivity contribution in [2.75, 3.05) is 76.0 Å². The average molecular weight is 1080 g/mol. The number of halogens is 6. The van der Waals surface area contributed by atoms with E-state index in [4.69, 9.17) is 9.47 Å². The SMILES string of the molecule is CO[C@@H]1C[C@H](S(=O)(=O)c2ccc(N3CCN(C(C)=O)CC3)cc2C(F)(F)F)C[C@H]1C(=O)NC1(C#[N+]CO[C@H]2C[C@@H](S(=O)(=O)c3ccc(N4CCN(C(C)=O)CC4)cc3C(F)(F)F)C[C@@H]2C(=O)NC2(C#N)CC2)CC1. The number of anilines is 2. The molecule has 6 fully saturated rings. The maximum absolute atomic E-state index is 14.7. The molecule has 2 aliphatic heterocycles. The number of benzene rings is 2. The van der Waals surface area contributed by atoms with Crippen LogP contribution in [0.1, 0.15) is 76.3 Å². The van der Waals surface area contributed by atoms with Gasteiger partial charge in [-0.15, -0.1) is 0 Å². The van der Waals surface area contributed by atoms with Crippen LogP contribution in [-0.2, 0) is 60.7 Å². The monoisotopic (exact) mass is 1080 g/mol. The van der Waals surface area contributed by atoms with E-state index in [0.29, 0.717) is 25.7 Å². The van der Waals surface area contributed by atoms with Gasteiger partial charge in [0.15, 0.2) is 25.2 Å². The summed E-state index contributed by atoms with van der Waals surface area (Å²) in [5.41, 5.74) is -4.83. The summed E-state index contributed by atoms with van der Waals surface area (Å²) in [6, 6.07) is 10.8. The number of amides is 4. The van der Waals surface area contributed by atoms with Gasteiger partial charge in [0.05, 0.1) is 61.5 Å². The Morgan fingerprint density at radius 1 is 0.662 bits per heavy atom. The first-order valence-electron chi connectivity index (χ1n) is 24.3. The Balaban J connectivity index is 0.939. The van der Waals surface area contributed by atoms with E-state index in [1.54, 1.807) is 19.6 Å². The van der Waals surface area contributed by atoms with Crippen molar-refractivity contribution in [3.05, 3.63) is 52.4 Å². The minimum Gasteiger partial charge on any atom is -0.381 e. The summed E-state index contributed by atoms with van der Waals surface area (Å²) >= 11 is 0. The minimum absolute atomic E-state index is 0.118. The smallest absolute Gasteiger partial charge is 0.381 e. The van der Waals surface area contributed by atoms with Crippen LogP contribution in [0.25, 0.3) is 4.85 Å². The molecule has 4 amide bonds. The lowest BCUT2D eigenvalue weighted by Crippen LogP contribution is -2.48. The van der Waals surface area contributed by atoms with Crippen molar-refractivity contribution in [1.29, 1.82) is 5.26 Å². The fraction of sp³-hybridized carbons (Fsp3) is 0.625. The molecular formula is C48H57F6N8O10S2+. The number of nitriles is 1. The number of hydrogen-bond acceptors (Lipinski definition) is 13. The fourth-order valence-corrected chi connectivity index (χ4v) is 14.5. The van der Waals surface area contributed by atoms with Crippen LogP contribution in [0, 0.1) is 29.2 Å². The van der Waals surface area contributed by atoms with Gasteiger partial charge in [-0.05, 0) is 92.6 Å². The highest BCUT2D eigenvalue weighted by Gasteiger charge is 2.55. The predicted molar refractivity (Wildman–Crippen MR) is 253 cm³/mol. The van der Waals surface area contributed by atoms with E-state index in [0.717, 1.165) is 24.3 Å². The molecule has 2 aromatic rings. The summed E-state index contributed by atoms with van der Waals surface area (Å²) in [5.74, 6) is -4.08. The highest BCUT2D eigenvalue weighted by molar-refractivity contribution is 7.92. The molecule has 8 rings (SSSR count). The van der Waals surface area contributed by atoms with Gasteiger partial charge < -0.3 is 39.7 Å². The molecule has 2 aromatic carbocycles. The van der Waals surface area contributed by atoms with Crippen LogP contribution in [0.3, 0.4) is 0 Å². The van der Waals surface area contributed by atoms with Crippen LogP contribution >= 0.6 is 0 Å². The maximum Gasteiger partial charge on any atom is 0.417 e. The Hall–Kier alpha value is -5.70. The van der Waals surface area contributed by atoms with Gasteiger partial charge in [-0.25, -0.2) is 16.8 Å². The fourth-order valence-electron chi connectivity index (χ4n) is 10.5. The van der Waals surface area contributed by atoms with Crippen molar-refractivity contribution in [2.24, 2.45) is 11.8 Å². The second-order valence-electron chi connectivity index (χ2n) is 20.0. The van der Waals surface area contributed by atoms with Crippen molar-refractivity contribution in [2.45, 2.75) is 121 Å². The molecule has 6 aliphatic rings. The molecule has 402 valence electrons. The molecule has 0 bridgehead atoms. The largest absolute Gasteiger partial charge is 0.417 e. The van der Waals surface area contributed by atoms with Crippen molar-refractivity contribution in [3.63, 3.8) is 0 Å². The standard InChI is InChI=1S/C48H56F6N8O10S2/c1-29(63)59-12-16-61(17-13-59)31-4-6-41(37(20-31)47(49,50)51)73(67,68)33-22-35(39(24-33)71-3)43(65)58-46(10-11-46)27-56-28-72-40-25-34(23-36(40)44(66)57-45(26-55)8-9-45)74(69,70)42-7-5-32(21-38(42)48(52,53)54)62-18-14-60(15-19-62)30(2)64/h4-7,20-21,33-36,39-40H,8-19,22-25,28H2,1-3H3,(H-,57,58,65,66)/p+1/t33-,34+,35-,36+,39-,40+/m1/s1. The lowest BCUT2D eigenvalue weighted by molar-refractivity contribution is -0.140. The van der Waals surface area contributed by atoms with Gasteiger partial charge in [-0.1, -0.05) is 0 Å². The van der Waals surface area contributed by atoms with Gasteiger partial charge in [0.2, 0.25) is 23.6 Å². The van der Waals surface area contributed by atoms with Gasteiger partial charge in [0, 0.05) is 84.7 Å². The topological polar surface area (TPSA) is 220 Å². The van der Waals surface area contributed by atoms with Crippen LogP contribution in [0.5, 0.6) is 0 Å². The zero-order chi connectivity index (χ0) is 53.8. The third-order valence-electron chi connectivity index (χ3n) is 15.2. The van der Waals surface area contributed by atoms with Crippen LogP contribution in [0.15, 0.2) is 46.2 Å². The Morgan fingerprint density at radius 2 is 1.07 bits per heavy atom. The molecule has 2 heterocycles.